The summed E-state index contributed by atoms with van der Waals surface area (Å²) in [5.74, 6) is 1.70. The molecule has 0 saturated heterocycles. The Balaban J connectivity index is 2.01. The molecular weight excluding hydrogens is 206 g/mol. The van der Waals surface area contributed by atoms with Crippen LogP contribution in [0.25, 0.3) is 0 Å². The van der Waals surface area contributed by atoms with Crippen molar-refractivity contribution in [2.45, 2.75) is 26.3 Å². The molecule has 1 heterocycles. The molecular formula is C12H17NO3. The summed E-state index contributed by atoms with van der Waals surface area (Å²) in [5.41, 5.74) is 4.12. The standard InChI is InChI=1S/C12H17NO3/c1-3-16-13-9(2)7-10-5-4-6-11-12(10)15-8-14-11/h4-6,9,13H,3,7-8H2,1-2H3. The summed E-state index contributed by atoms with van der Waals surface area (Å²) in [7, 11) is 0. The molecule has 1 aromatic rings. The van der Waals surface area contributed by atoms with Crippen molar-refractivity contribution in [2.75, 3.05) is 13.4 Å². The molecule has 0 fully saturated rings. The predicted octanol–water partition coefficient (Wildman–Crippen LogP) is 1.89. The molecule has 16 heavy (non-hydrogen) atoms. The van der Waals surface area contributed by atoms with Gasteiger partial charge in [-0.25, -0.2) is 0 Å². The molecule has 0 aromatic heterocycles. The van der Waals surface area contributed by atoms with Gasteiger partial charge >= 0.3 is 0 Å². The van der Waals surface area contributed by atoms with Gasteiger partial charge in [0.2, 0.25) is 6.79 Å². The van der Waals surface area contributed by atoms with Crippen molar-refractivity contribution in [3.63, 3.8) is 0 Å². The smallest absolute Gasteiger partial charge is 0.231 e. The van der Waals surface area contributed by atoms with Gasteiger partial charge in [-0.15, -0.1) is 0 Å². The lowest BCUT2D eigenvalue weighted by Gasteiger charge is -2.14. The number of hydrogen-bond acceptors (Lipinski definition) is 4. The van der Waals surface area contributed by atoms with Crippen LogP contribution in [0.15, 0.2) is 18.2 Å². The summed E-state index contributed by atoms with van der Waals surface area (Å²) in [6.45, 7) is 5.01. The number of nitrogens with one attached hydrogen (secondary N) is 1. The molecule has 1 aliphatic rings. The maximum atomic E-state index is 5.44. The van der Waals surface area contributed by atoms with E-state index >= 15 is 0 Å². The minimum Gasteiger partial charge on any atom is -0.454 e. The highest BCUT2D eigenvalue weighted by Crippen LogP contribution is 2.35. The lowest BCUT2D eigenvalue weighted by Crippen LogP contribution is -2.28. The summed E-state index contributed by atoms with van der Waals surface area (Å²) in [6, 6.07) is 6.20. The number of benzene rings is 1. The van der Waals surface area contributed by atoms with E-state index in [1.54, 1.807) is 0 Å². The highest BCUT2D eigenvalue weighted by Gasteiger charge is 2.18. The predicted molar refractivity (Wildman–Crippen MR) is 60.5 cm³/mol. The molecule has 1 N–H and O–H groups in total. The first-order valence-corrected chi connectivity index (χ1v) is 5.56. The van der Waals surface area contributed by atoms with Crippen molar-refractivity contribution < 1.29 is 14.3 Å². The Kier molecular flexibility index (Phi) is 3.64. The van der Waals surface area contributed by atoms with Gasteiger partial charge in [-0.1, -0.05) is 12.1 Å². The largest absolute Gasteiger partial charge is 0.454 e. The van der Waals surface area contributed by atoms with Crippen molar-refractivity contribution in [3.05, 3.63) is 23.8 Å². The van der Waals surface area contributed by atoms with Gasteiger partial charge in [0.1, 0.15) is 0 Å². The zero-order valence-corrected chi connectivity index (χ0v) is 9.66. The Hall–Kier alpha value is -1.26. The zero-order chi connectivity index (χ0) is 11.4. The second-order valence-electron chi connectivity index (χ2n) is 3.81. The van der Waals surface area contributed by atoms with E-state index in [0.29, 0.717) is 13.4 Å². The molecule has 1 unspecified atom stereocenters. The van der Waals surface area contributed by atoms with Crippen LogP contribution in [-0.4, -0.2) is 19.4 Å². The van der Waals surface area contributed by atoms with Gasteiger partial charge < -0.3 is 14.3 Å². The molecule has 2 rings (SSSR count). The van der Waals surface area contributed by atoms with E-state index in [0.717, 1.165) is 23.5 Å². The van der Waals surface area contributed by atoms with E-state index in [1.807, 2.05) is 19.1 Å². The van der Waals surface area contributed by atoms with Crippen molar-refractivity contribution in [2.24, 2.45) is 0 Å². The highest BCUT2D eigenvalue weighted by atomic mass is 16.7. The quantitative estimate of drug-likeness (QED) is 0.774. The molecule has 1 aliphatic heterocycles. The summed E-state index contributed by atoms with van der Waals surface area (Å²) >= 11 is 0. The molecule has 0 saturated carbocycles. The van der Waals surface area contributed by atoms with Gasteiger partial charge in [0.25, 0.3) is 0 Å². The molecule has 0 radical (unpaired) electrons. The molecule has 0 amide bonds. The van der Waals surface area contributed by atoms with Crippen LogP contribution in [0.1, 0.15) is 19.4 Å². The van der Waals surface area contributed by atoms with Gasteiger partial charge in [0, 0.05) is 6.04 Å². The van der Waals surface area contributed by atoms with Crippen LogP contribution in [0.4, 0.5) is 0 Å². The molecule has 4 heteroatoms. The maximum absolute atomic E-state index is 5.44. The lowest BCUT2D eigenvalue weighted by atomic mass is 10.1. The molecule has 1 atom stereocenters. The Morgan fingerprint density at radius 2 is 2.31 bits per heavy atom. The first-order chi connectivity index (χ1) is 7.81. The Morgan fingerprint density at radius 3 is 3.12 bits per heavy atom. The van der Waals surface area contributed by atoms with Crippen LogP contribution in [0.5, 0.6) is 11.5 Å². The van der Waals surface area contributed by atoms with Gasteiger partial charge in [-0.3, -0.25) is 0 Å². The minimum absolute atomic E-state index is 0.246. The average Bonchev–Trinajstić information content (AvgIpc) is 2.75. The van der Waals surface area contributed by atoms with Gasteiger partial charge in [-0.05, 0) is 31.9 Å². The Labute approximate surface area is 95.5 Å². The second-order valence-corrected chi connectivity index (χ2v) is 3.81. The van der Waals surface area contributed by atoms with E-state index in [9.17, 15) is 0 Å². The number of rotatable bonds is 5. The summed E-state index contributed by atoms with van der Waals surface area (Å²) < 4.78 is 10.8. The van der Waals surface area contributed by atoms with E-state index < -0.39 is 0 Å². The van der Waals surface area contributed by atoms with Crippen LogP contribution >= 0.6 is 0 Å². The fraction of sp³-hybridized carbons (Fsp3) is 0.500. The molecule has 0 spiro atoms. The molecule has 88 valence electrons. The van der Waals surface area contributed by atoms with Crippen LogP contribution in [-0.2, 0) is 11.3 Å². The fourth-order valence-corrected chi connectivity index (χ4v) is 1.75. The van der Waals surface area contributed by atoms with Crippen molar-refractivity contribution in [1.29, 1.82) is 0 Å². The third-order valence-corrected chi connectivity index (χ3v) is 2.43. The van der Waals surface area contributed by atoms with Gasteiger partial charge in [-0.2, -0.15) is 5.48 Å². The van der Waals surface area contributed by atoms with E-state index in [2.05, 4.69) is 18.5 Å². The van der Waals surface area contributed by atoms with Gasteiger partial charge in [0.15, 0.2) is 11.5 Å². The van der Waals surface area contributed by atoms with Crippen molar-refractivity contribution >= 4 is 0 Å². The topological polar surface area (TPSA) is 39.7 Å². The Bertz CT molecular complexity index is 354. The zero-order valence-electron chi connectivity index (χ0n) is 9.66. The third-order valence-electron chi connectivity index (χ3n) is 2.43. The number of hydrogen-bond donors (Lipinski definition) is 1. The monoisotopic (exact) mass is 223 g/mol. The number of para-hydroxylation sites is 1. The van der Waals surface area contributed by atoms with Crippen molar-refractivity contribution in [1.82, 2.24) is 5.48 Å². The van der Waals surface area contributed by atoms with E-state index in [1.165, 1.54) is 0 Å². The highest BCUT2D eigenvalue weighted by molar-refractivity contribution is 5.48. The van der Waals surface area contributed by atoms with Crippen LogP contribution < -0.4 is 15.0 Å². The van der Waals surface area contributed by atoms with Gasteiger partial charge in [0.05, 0.1) is 6.61 Å². The normalized spacial score (nSPS) is 15.1. The number of ether oxygens (including phenoxy) is 2. The summed E-state index contributed by atoms with van der Waals surface area (Å²) in [4.78, 5) is 5.16. The minimum atomic E-state index is 0.246. The maximum Gasteiger partial charge on any atom is 0.231 e. The van der Waals surface area contributed by atoms with Crippen LogP contribution in [0.3, 0.4) is 0 Å². The third kappa shape index (κ3) is 2.46. The number of fused-ring (bicyclic) bond motifs is 1. The first kappa shape index (κ1) is 11.2. The average molecular weight is 223 g/mol. The molecule has 0 aliphatic carbocycles. The Morgan fingerprint density at radius 1 is 1.44 bits per heavy atom. The first-order valence-electron chi connectivity index (χ1n) is 5.56. The van der Waals surface area contributed by atoms with Crippen LogP contribution in [0, 0.1) is 0 Å². The SMILES string of the molecule is CCONC(C)Cc1cccc2c1OCO2. The summed E-state index contributed by atoms with van der Waals surface area (Å²) in [5, 5.41) is 0. The molecule has 4 nitrogen and oxygen atoms in total. The number of hydroxylamine groups is 1. The van der Waals surface area contributed by atoms with Crippen LogP contribution in [0.2, 0.25) is 0 Å². The van der Waals surface area contributed by atoms with E-state index in [-0.39, 0.29) is 6.04 Å². The van der Waals surface area contributed by atoms with Crippen molar-refractivity contribution in [3.8, 4) is 11.5 Å². The van der Waals surface area contributed by atoms with E-state index in [4.69, 9.17) is 14.3 Å². The lowest BCUT2D eigenvalue weighted by molar-refractivity contribution is 0.0289. The fourth-order valence-electron chi connectivity index (χ4n) is 1.75. The second kappa shape index (κ2) is 5.18. The summed E-state index contributed by atoms with van der Waals surface area (Å²) in [6.07, 6.45) is 0.854. The molecule has 0 bridgehead atoms. The molecule has 1 aromatic carbocycles.